The molecule has 1 aromatic heterocycles. The highest BCUT2D eigenvalue weighted by molar-refractivity contribution is 5.81. The second kappa shape index (κ2) is 5.96. The number of pyridine rings is 1. The number of anilines is 1. The van der Waals surface area contributed by atoms with Crippen LogP contribution >= 0.6 is 0 Å². The molecular weight excluding hydrogens is 256 g/mol. The molecule has 0 spiro atoms. The molecule has 3 rings (SSSR count). The number of para-hydroxylation sites is 2. The van der Waals surface area contributed by atoms with Gasteiger partial charge in [0.05, 0.1) is 5.52 Å². The summed E-state index contributed by atoms with van der Waals surface area (Å²) in [6.07, 6.45) is 1.86. The molecule has 21 heavy (non-hydrogen) atoms. The van der Waals surface area contributed by atoms with Gasteiger partial charge in [-0.05, 0) is 29.2 Å². The number of hydrogen-bond donors (Lipinski definition) is 1. The van der Waals surface area contributed by atoms with Crippen LogP contribution in [0.2, 0.25) is 0 Å². The van der Waals surface area contributed by atoms with E-state index in [1.165, 1.54) is 22.2 Å². The molecule has 0 fully saturated rings. The van der Waals surface area contributed by atoms with Crippen LogP contribution in [0.25, 0.3) is 10.9 Å². The van der Waals surface area contributed by atoms with Crippen molar-refractivity contribution < 1.29 is 0 Å². The van der Waals surface area contributed by atoms with Crippen LogP contribution in [0.5, 0.6) is 0 Å². The number of benzene rings is 2. The molecule has 0 saturated carbocycles. The van der Waals surface area contributed by atoms with Crippen LogP contribution in [0.3, 0.4) is 0 Å². The molecule has 1 heterocycles. The van der Waals surface area contributed by atoms with Crippen molar-refractivity contribution >= 4 is 16.6 Å². The number of nitrogens with zero attached hydrogens (tertiary/aromatic N) is 1. The van der Waals surface area contributed by atoms with E-state index in [-0.39, 0.29) is 0 Å². The molecule has 0 aliphatic heterocycles. The number of rotatable bonds is 4. The predicted octanol–water partition coefficient (Wildman–Crippen LogP) is 4.97. The van der Waals surface area contributed by atoms with Crippen molar-refractivity contribution in [2.24, 2.45) is 0 Å². The maximum absolute atomic E-state index is 4.51. The van der Waals surface area contributed by atoms with Crippen molar-refractivity contribution in [3.8, 4) is 0 Å². The summed E-state index contributed by atoms with van der Waals surface area (Å²) in [5.74, 6) is 0.513. The van der Waals surface area contributed by atoms with Gasteiger partial charge in [-0.1, -0.05) is 56.3 Å². The maximum Gasteiger partial charge on any atom is 0.0751 e. The monoisotopic (exact) mass is 276 g/mol. The molecular formula is C19H20N2. The van der Waals surface area contributed by atoms with Gasteiger partial charge in [-0.25, -0.2) is 0 Å². The number of aromatic nitrogens is 1. The van der Waals surface area contributed by atoms with E-state index in [9.17, 15) is 0 Å². The third kappa shape index (κ3) is 2.89. The second-order valence-corrected chi connectivity index (χ2v) is 5.59. The van der Waals surface area contributed by atoms with Gasteiger partial charge in [0.1, 0.15) is 0 Å². The van der Waals surface area contributed by atoms with E-state index in [4.69, 9.17) is 0 Å². The molecule has 0 aliphatic rings. The van der Waals surface area contributed by atoms with E-state index >= 15 is 0 Å². The van der Waals surface area contributed by atoms with Crippen molar-refractivity contribution in [3.05, 3.63) is 71.9 Å². The Morgan fingerprint density at radius 3 is 2.62 bits per heavy atom. The number of nitrogens with one attached hydrogen (secondary N) is 1. The molecule has 0 unspecified atom stereocenters. The molecule has 0 radical (unpaired) electrons. The third-order valence-corrected chi connectivity index (χ3v) is 3.77. The van der Waals surface area contributed by atoms with Crippen LogP contribution in [-0.4, -0.2) is 4.98 Å². The smallest absolute Gasteiger partial charge is 0.0751 e. The molecule has 0 amide bonds. The molecule has 0 atom stereocenters. The summed E-state index contributed by atoms with van der Waals surface area (Å²) in [6.45, 7) is 5.23. The van der Waals surface area contributed by atoms with Gasteiger partial charge in [0, 0.05) is 23.8 Å². The summed E-state index contributed by atoms with van der Waals surface area (Å²) in [7, 11) is 0. The SMILES string of the molecule is CC(C)c1ccccc1NCc1cccc2cccnc12. The van der Waals surface area contributed by atoms with Crippen molar-refractivity contribution in [1.29, 1.82) is 0 Å². The molecule has 1 N–H and O–H groups in total. The zero-order chi connectivity index (χ0) is 14.7. The van der Waals surface area contributed by atoms with Gasteiger partial charge in [0.15, 0.2) is 0 Å². The first-order chi connectivity index (χ1) is 10.3. The summed E-state index contributed by atoms with van der Waals surface area (Å²) >= 11 is 0. The fourth-order valence-corrected chi connectivity index (χ4v) is 2.66. The summed E-state index contributed by atoms with van der Waals surface area (Å²) < 4.78 is 0. The number of hydrogen-bond acceptors (Lipinski definition) is 2. The highest BCUT2D eigenvalue weighted by atomic mass is 14.9. The lowest BCUT2D eigenvalue weighted by molar-refractivity contribution is 0.865. The molecule has 0 saturated heterocycles. The minimum atomic E-state index is 0.513. The Bertz CT molecular complexity index is 742. The Hall–Kier alpha value is -2.35. The first-order valence-corrected chi connectivity index (χ1v) is 7.41. The van der Waals surface area contributed by atoms with Crippen molar-refractivity contribution in [3.63, 3.8) is 0 Å². The van der Waals surface area contributed by atoms with Gasteiger partial charge in [0.25, 0.3) is 0 Å². The topological polar surface area (TPSA) is 24.9 Å². The molecule has 2 aromatic carbocycles. The highest BCUT2D eigenvalue weighted by Gasteiger charge is 2.06. The van der Waals surface area contributed by atoms with Gasteiger partial charge < -0.3 is 5.32 Å². The maximum atomic E-state index is 4.51. The first-order valence-electron chi connectivity index (χ1n) is 7.41. The average molecular weight is 276 g/mol. The summed E-state index contributed by atoms with van der Waals surface area (Å²) in [6, 6.07) is 18.9. The van der Waals surface area contributed by atoms with Crippen LogP contribution in [0.1, 0.15) is 30.9 Å². The lowest BCUT2D eigenvalue weighted by Gasteiger charge is -2.15. The summed E-state index contributed by atoms with van der Waals surface area (Å²) in [4.78, 5) is 4.51. The Balaban J connectivity index is 1.87. The largest absolute Gasteiger partial charge is 0.381 e. The van der Waals surface area contributed by atoms with Crippen LogP contribution in [0.15, 0.2) is 60.8 Å². The highest BCUT2D eigenvalue weighted by Crippen LogP contribution is 2.25. The normalized spacial score (nSPS) is 11.0. The lowest BCUT2D eigenvalue weighted by Crippen LogP contribution is -2.04. The van der Waals surface area contributed by atoms with E-state index in [2.05, 4.69) is 72.7 Å². The van der Waals surface area contributed by atoms with Crippen molar-refractivity contribution in [2.75, 3.05) is 5.32 Å². The van der Waals surface area contributed by atoms with Crippen LogP contribution in [0, 0.1) is 0 Å². The van der Waals surface area contributed by atoms with E-state index in [1.54, 1.807) is 0 Å². The summed E-state index contributed by atoms with van der Waals surface area (Å²) in [5, 5.41) is 4.75. The minimum Gasteiger partial charge on any atom is -0.381 e. The van der Waals surface area contributed by atoms with Gasteiger partial charge in [0.2, 0.25) is 0 Å². The molecule has 0 aliphatic carbocycles. The van der Waals surface area contributed by atoms with E-state index in [0.717, 1.165) is 12.1 Å². The standard InChI is InChI=1S/C19H20N2/c1-14(2)17-10-3-4-11-18(17)21-13-16-8-5-7-15-9-6-12-20-19(15)16/h3-12,14,21H,13H2,1-2H3. The van der Waals surface area contributed by atoms with E-state index in [0.29, 0.717) is 5.92 Å². The summed E-state index contributed by atoms with van der Waals surface area (Å²) in [5.41, 5.74) is 4.87. The van der Waals surface area contributed by atoms with Gasteiger partial charge >= 0.3 is 0 Å². The molecule has 106 valence electrons. The Morgan fingerprint density at radius 2 is 1.76 bits per heavy atom. The average Bonchev–Trinajstić information content (AvgIpc) is 2.53. The Labute approximate surface area is 125 Å². The number of fused-ring (bicyclic) bond motifs is 1. The van der Waals surface area contributed by atoms with Gasteiger partial charge in [-0.15, -0.1) is 0 Å². The van der Waals surface area contributed by atoms with Crippen molar-refractivity contribution in [2.45, 2.75) is 26.3 Å². The lowest BCUT2D eigenvalue weighted by atomic mass is 10.0. The van der Waals surface area contributed by atoms with E-state index in [1.807, 2.05) is 12.3 Å². The quantitative estimate of drug-likeness (QED) is 0.727. The first kappa shape index (κ1) is 13.6. The van der Waals surface area contributed by atoms with Crippen LogP contribution < -0.4 is 5.32 Å². The molecule has 0 bridgehead atoms. The minimum absolute atomic E-state index is 0.513. The fraction of sp³-hybridized carbons (Fsp3) is 0.211. The van der Waals surface area contributed by atoms with Crippen molar-refractivity contribution in [1.82, 2.24) is 4.98 Å². The molecule has 2 nitrogen and oxygen atoms in total. The van der Waals surface area contributed by atoms with E-state index < -0.39 is 0 Å². The van der Waals surface area contributed by atoms with Gasteiger partial charge in [-0.2, -0.15) is 0 Å². The molecule has 2 heteroatoms. The Kier molecular flexibility index (Phi) is 3.87. The molecule has 3 aromatic rings. The van der Waals surface area contributed by atoms with Gasteiger partial charge in [-0.3, -0.25) is 4.98 Å². The fourth-order valence-electron chi connectivity index (χ4n) is 2.66. The van der Waals surface area contributed by atoms with Crippen LogP contribution in [0.4, 0.5) is 5.69 Å². The van der Waals surface area contributed by atoms with Crippen LogP contribution in [-0.2, 0) is 6.54 Å². The zero-order valence-electron chi connectivity index (χ0n) is 12.5. The third-order valence-electron chi connectivity index (χ3n) is 3.77. The Morgan fingerprint density at radius 1 is 0.952 bits per heavy atom. The second-order valence-electron chi connectivity index (χ2n) is 5.59. The zero-order valence-corrected chi connectivity index (χ0v) is 12.5. The predicted molar refractivity (Wildman–Crippen MR) is 89.6 cm³/mol.